The van der Waals surface area contributed by atoms with Gasteiger partial charge in [0.2, 0.25) is 0 Å². The zero-order valence-corrected chi connectivity index (χ0v) is 10.7. The van der Waals surface area contributed by atoms with Gasteiger partial charge in [0.25, 0.3) is 0 Å². The summed E-state index contributed by atoms with van der Waals surface area (Å²) in [5.74, 6) is 0.860. The maximum Gasteiger partial charge on any atom is 0.0118 e. The third-order valence-electron chi connectivity index (χ3n) is 5.11. The zero-order chi connectivity index (χ0) is 12.0. The van der Waals surface area contributed by atoms with Gasteiger partial charge in [0.15, 0.2) is 0 Å². The van der Waals surface area contributed by atoms with E-state index in [-0.39, 0.29) is 0 Å². The van der Waals surface area contributed by atoms with Crippen LogP contribution in [0.5, 0.6) is 0 Å². The molecule has 1 aliphatic carbocycles. The van der Waals surface area contributed by atoms with Gasteiger partial charge in [-0.1, -0.05) is 48.9 Å². The second kappa shape index (κ2) is 3.83. The highest BCUT2D eigenvalue weighted by Gasteiger charge is 2.47. The SMILES string of the molecule is c1ccc2cc([C@]34CCC[C@H]3CNC4)ccc2c1. The van der Waals surface area contributed by atoms with Crippen molar-refractivity contribution in [2.24, 2.45) is 5.92 Å². The summed E-state index contributed by atoms with van der Waals surface area (Å²) in [5, 5.41) is 6.36. The number of fused-ring (bicyclic) bond motifs is 2. The number of nitrogens with one attached hydrogen (secondary N) is 1. The fraction of sp³-hybridized carbons (Fsp3) is 0.412. The normalized spacial score (nSPS) is 30.8. The van der Waals surface area contributed by atoms with Crippen molar-refractivity contribution in [1.82, 2.24) is 5.32 Å². The molecule has 2 aromatic carbocycles. The van der Waals surface area contributed by atoms with E-state index in [2.05, 4.69) is 47.8 Å². The van der Waals surface area contributed by atoms with Gasteiger partial charge in [0.1, 0.15) is 0 Å². The molecule has 2 aromatic rings. The quantitative estimate of drug-likeness (QED) is 0.800. The van der Waals surface area contributed by atoms with E-state index in [0.717, 1.165) is 5.92 Å². The second-order valence-corrected chi connectivity index (χ2v) is 5.94. The summed E-state index contributed by atoms with van der Waals surface area (Å²) in [6.07, 6.45) is 4.17. The smallest absolute Gasteiger partial charge is 0.0118 e. The molecule has 1 heteroatoms. The summed E-state index contributed by atoms with van der Waals surface area (Å²) in [7, 11) is 0. The number of hydrogen-bond donors (Lipinski definition) is 1. The lowest BCUT2D eigenvalue weighted by atomic mass is 9.74. The van der Waals surface area contributed by atoms with Crippen molar-refractivity contribution >= 4 is 10.8 Å². The van der Waals surface area contributed by atoms with Crippen molar-refractivity contribution < 1.29 is 0 Å². The highest BCUT2D eigenvalue weighted by atomic mass is 14.9. The largest absolute Gasteiger partial charge is 0.316 e. The predicted molar refractivity (Wildman–Crippen MR) is 75.8 cm³/mol. The first-order valence-electron chi connectivity index (χ1n) is 7.08. The molecule has 2 aliphatic rings. The van der Waals surface area contributed by atoms with Crippen LogP contribution in [0.25, 0.3) is 10.8 Å². The van der Waals surface area contributed by atoms with E-state index in [1.54, 1.807) is 5.56 Å². The van der Waals surface area contributed by atoms with E-state index in [9.17, 15) is 0 Å². The molecule has 4 rings (SSSR count). The van der Waals surface area contributed by atoms with Gasteiger partial charge in [-0.2, -0.15) is 0 Å². The Morgan fingerprint density at radius 3 is 2.89 bits per heavy atom. The van der Waals surface area contributed by atoms with Crippen molar-refractivity contribution in [3.8, 4) is 0 Å². The van der Waals surface area contributed by atoms with Gasteiger partial charge in [-0.3, -0.25) is 0 Å². The predicted octanol–water partition coefficient (Wildman–Crippen LogP) is 3.48. The molecule has 2 atom stereocenters. The molecule has 1 nitrogen and oxygen atoms in total. The van der Waals surface area contributed by atoms with Crippen LogP contribution in [0.4, 0.5) is 0 Å². The van der Waals surface area contributed by atoms with Crippen molar-refractivity contribution in [3.05, 3.63) is 48.0 Å². The molecule has 92 valence electrons. The van der Waals surface area contributed by atoms with E-state index in [0.29, 0.717) is 5.41 Å². The monoisotopic (exact) mass is 237 g/mol. The Morgan fingerprint density at radius 1 is 1.06 bits per heavy atom. The van der Waals surface area contributed by atoms with Crippen LogP contribution in [0, 0.1) is 5.92 Å². The van der Waals surface area contributed by atoms with Crippen LogP contribution in [0.1, 0.15) is 24.8 Å². The van der Waals surface area contributed by atoms with Gasteiger partial charge in [0.05, 0.1) is 0 Å². The van der Waals surface area contributed by atoms with Crippen molar-refractivity contribution in [3.63, 3.8) is 0 Å². The van der Waals surface area contributed by atoms with E-state index < -0.39 is 0 Å². The van der Waals surface area contributed by atoms with Gasteiger partial charge in [-0.15, -0.1) is 0 Å². The first-order valence-corrected chi connectivity index (χ1v) is 7.08. The Kier molecular flexibility index (Phi) is 2.25. The van der Waals surface area contributed by atoms with E-state index in [1.807, 2.05) is 0 Å². The van der Waals surface area contributed by atoms with Crippen LogP contribution in [0.15, 0.2) is 42.5 Å². The summed E-state index contributed by atoms with van der Waals surface area (Å²) >= 11 is 0. The fourth-order valence-electron chi connectivity index (χ4n) is 4.13. The van der Waals surface area contributed by atoms with Crippen molar-refractivity contribution in [2.45, 2.75) is 24.7 Å². The third-order valence-corrected chi connectivity index (χ3v) is 5.11. The lowest BCUT2D eigenvalue weighted by Crippen LogP contribution is -2.30. The first kappa shape index (κ1) is 10.6. The molecule has 2 fully saturated rings. The molecule has 1 heterocycles. The van der Waals surface area contributed by atoms with E-state index >= 15 is 0 Å². The topological polar surface area (TPSA) is 12.0 Å². The molecule has 1 N–H and O–H groups in total. The lowest BCUT2D eigenvalue weighted by Gasteiger charge is -2.29. The molecular formula is C17H19N. The van der Waals surface area contributed by atoms with Crippen molar-refractivity contribution in [2.75, 3.05) is 13.1 Å². The molecule has 0 unspecified atom stereocenters. The van der Waals surface area contributed by atoms with Gasteiger partial charge in [-0.05, 0) is 41.6 Å². The minimum Gasteiger partial charge on any atom is -0.316 e. The minimum atomic E-state index is 0.435. The van der Waals surface area contributed by atoms with Gasteiger partial charge < -0.3 is 5.32 Å². The molecule has 0 spiro atoms. The fourth-order valence-corrected chi connectivity index (χ4v) is 4.13. The van der Waals surface area contributed by atoms with Crippen LogP contribution in [0.2, 0.25) is 0 Å². The molecule has 0 radical (unpaired) electrons. The summed E-state index contributed by atoms with van der Waals surface area (Å²) in [5.41, 5.74) is 2.00. The first-order chi connectivity index (χ1) is 8.88. The minimum absolute atomic E-state index is 0.435. The standard InChI is InChI=1S/C17H19N/c1-2-5-14-10-15(8-7-13(14)4-1)17-9-3-6-16(17)11-18-12-17/h1-2,4-5,7-8,10,16,18H,3,6,9,11-12H2/t16-,17+/m0/s1. The Labute approximate surface area is 108 Å². The Morgan fingerprint density at radius 2 is 1.94 bits per heavy atom. The Hall–Kier alpha value is -1.34. The average molecular weight is 237 g/mol. The number of benzene rings is 2. The number of hydrogen-bond acceptors (Lipinski definition) is 1. The van der Waals surface area contributed by atoms with Crippen LogP contribution < -0.4 is 5.32 Å². The average Bonchev–Trinajstić information content (AvgIpc) is 2.98. The van der Waals surface area contributed by atoms with Crippen LogP contribution in [-0.2, 0) is 5.41 Å². The van der Waals surface area contributed by atoms with E-state index in [1.165, 1.54) is 43.1 Å². The highest BCUT2D eigenvalue weighted by molar-refractivity contribution is 5.83. The molecule has 18 heavy (non-hydrogen) atoms. The molecule has 0 bridgehead atoms. The summed E-state index contributed by atoms with van der Waals surface area (Å²) in [4.78, 5) is 0. The Balaban J connectivity index is 1.87. The van der Waals surface area contributed by atoms with Gasteiger partial charge in [-0.25, -0.2) is 0 Å². The zero-order valence-electron chi connectivity index (χ0n) is 10.7. The highest BCUT2D eigenvalue weighted by Crippen LogP contribution is 2.48. The summed E-state index contributed by atoms with van der Waals surface area (Å²) < 4.78 is 0. The summed E-state index contributed by atoms with van der Waals surface area (Å²) in [6, 6.07) is 15.8. The van der Waals surface area contributed by atoms with Crippen LogP contribution in [0.3, 0.4) is 0 Å². The maximum atomic E-state index is 3.61. The molecule has 1 saturated carbocycles. The van der Waals surface area contributed by atoms with Gasteiger partial charge >= 0.3 is 0 Å². The molecule has 0 aromatic heterocycles. The molecular weight excluding hydrogens is 218 g/mol. The molecule has 1 saturated heterocycles. The van der Waals surface area contributed by atoms with E-state index in [4.69, 9.17) is 0 Å². The number of rotatable bonds is 1. The van der Waals surface area contributed by atoms with Crippen molar-refractivity contribution in [1.29, 1.82) is 0 Å². The van der Waals surface area contributed by atoms with Crippen LogP contribution in [-0.4, -0.2) is 13.1 Å². The molecule has 1 aliphatic heterocycles. The van der Waals surface area contributed by atoms with Crippen LogP contribution >= 0.6 is 0 Å². The lowest BCUT2D eigenvalue weighted by molar-refractivity contribution is 0.402. The third kappa shape index (κ3) is 1.37. The summed E-state index contributed by atoms with van der Waals surface area (Å²) in [6.45, 7) is 2.39. The maximum absolute atomic E-state index is 3.61. The molecule has 0 amide bonds. The Bertz CT molecular complexity index is 577. The van der Waals surface area contributed by atoms with Gasteiger partial charge in [0, 0.05) is 12.0 Å². The second-order valence-electron chi connectivity index (χ2n) is 5.94.